The third-order valence-electron chi connectivity index (χ3n) is 6.69. The van der Waals surface area contributed by atoms with Gasteiger partial charge in [-0.05, 0) is 63.3 Å². The Morgan fingerprint density at radius 1 is 0.889 bits per heavy atom. The van der Waals surface area contributed by atoms with Crippen LogP contribution in [0.25, 0.3) is 0 Å². The van der Waals surface area contributed by atoms with Crippen molar-refractivity contribution in [2.75, 3.05) is 51.0 Å². The van der Waals surface area contributed by atoms with Gasteiger partial charge in [0.15, 0.2) is 0 Å². The summed E-state index contributed by atoms with van der Waals surface area (Å²) in [6, 6.07) is 12.8. The highest BCUT2D eigenvalue weighted by atomic mass is 35.5. The van der Waals surface area contributed by atoms with Gasteiger partial charge in [-0.15, -0.1) is 0 Å². The van der Waals surface area contributed by atoms with E-state index in [0.717, 1.165) is 35.9 Å². The average Bonchev–Trinajstić information content (AvgIpc) is 2.96. The summed E-state index contributed by atoms with van der Waals surface area (Å²) in [5.41, 5.74) is 1.81. The number of nitrogens with zero attached hydrogens (tertiary/aromatic N) is 3. The van der Waals surface area contributed by atoms with Crippen LogP contribution in [-0.2, 0) is 24.4 Å². The van der Waals surface area contributed by atoms with Gasteiger partial charge in [0.2, 0.25) is 15.9 Å². The van der Waals surface area contributed by atoms with E-state index in [2.05, 4.69) is 29.2 Å². The van der Waals surface area contributed by atoms with Crippen molar-refractivity contribution in [1.29, 1.82) is 0 Å². The van der Waals surface area contributed by atoms with Crippen LogP contribution in [0.3, 0.4) is 0 Å². The summed E-state index contributed by atoms with van der Waals surface area (Å²) in [6.07, 6.45) is -9.28. The van der Waals surface area contributed by atoms with Crippen LogP contribution in [0.15, 0.2) is 47.4 Å². The molecule has 18 heteroatoms. The molecule has 0 aliphatic carbocycles. The monoisotopic (exact) mass is 706 g/mol. The molecule has 1 heterocycles. The van der Waals surface area contributed by atoms with Gasteiger partial charge in [0.25, 0.3) is 0 Å². The zero-order valence-corrected chi connectivity index (χ0v) is 26.5. The van der Waals surface area contributed by atoms with Crippen molar-refractivity contribution in [3.05, 3.63) is 52.5 Å². The number of carbonyl (C=O) groups is 3. The summed E-state index contributed by atoms with van der Waals surface area (Å²) in [5.74, 6) is -7.08. The fourth-order valence-electron chi connectivity index (χ4n) is 4.11. The van der Waals surface area contributed by atoms with Crippen molar-refractivity contribution < 1.29 is 49.1 Å². The lowest BCUT2D eigenvalue weighted by atomic mass is 10.0. The van der Waals surface area contributed by atoms with E-state index < -0.39 is 33.9 Å². The third kappa shape index (κ3) is 10.8. The van der Waals surface area contributed by atoms with E-state index in [-0.39, 0.29) is 33.8 Å². The second-order valence-electron chi connectivity index (χ2n) is 10.1. The maximum absolute atomic E-state index is 12.8. The number of benzene rings is 2. The van der Waals surface area contributed by atoms with Gasteiger partial charge in [-0.3, -0.25) is 14.4 Å². The first-order valence-corrected chi connectivity index (χ1v) is 15.3. The highest BCUT2D eigenvalue weighted by Crippen LogP contribution is 2.31. The van der Waals surface area contributed by atoms with Crippen LogP contribution >= 0.6 is 23.2 Å². The average molecular weight is 708 g/mol. The topological polar surface area (TPSA) is 107 Å². The maximum Gasteiger partial charge on any atom is 0.458 e. The van der Waals surface area contributed by atoms with Gasteiger partial charge in [0.05, 0.1) is 10.0 Å². The minimum Gasteiger partial charge on any atom is -0.371 e. The molecule has 1 fully saturated rings. The Balaban J connectivity index is 0.000000498. The van der Waals surface area contributed by atoms with Gasteiger partial charge in [0, 0.05) is 50.5 Å². The molecule has 2 aromatic rings. The molecular formula is C27H30Cl2F6N4O5S. The molecule has 2 aromatic carbocycles. The maximum atomic E-state index is 12.8. The Hall–Kier alpha value is -2.92. The molecule has 1 amide bonds. The summed E-state index contributed by atoms with van der Waals surface area (Å²) < 4.78 is 93.6. The molecule has 3 rings (SSSR count). The van der Waals surface area contributed by atoms with E-state index in [1.165, 1.54) is 25.2 Å². The predicted octanol–water partition coefficient (Wildman–Crippen LogP) is 5.42. The third-order valence-corrected chi connectivity index (χ3v) is 9.52. The van der Waals surface area contributed by atoms with Gasteiger partial charge in [0.1, 0.15) is 4.90 Å². The molecule has 1 N–H and O–H groups in total. The molecular weight excluding hydrogens is 677 g/mol. The summed E-state index contributed by atoms with van der Waals surface area (Å²) in [4.78, 5) is 36.2. The quantitative estimate of drug-likeness (QED) is 0.274. The highest BCUT2D eigenvalue weighted by Gasteiger charge is 2.54. The van der Waals surface area contributed by atoms with E-state index in [1.54, 1.807) is 0 Å². The number of hydrogen-bond acceptors (Lipinski definition) is 7. The number of alkyl halides is 6. The normalized spacial score (nSPS) is 14.6. The van der Waals surface area contributed by atoms with E-state index in [9.17, 15) is 49.1 Å². The van der Waals surface area contributed by atoms with E-state index in [0.29, 0.717) is 11.7 Å². The van der Waals surface area contributed by atoms with Crippen LogP contribution in [0.5, 0.6) is 0 Å². The molecule has 0 spiro atoms. The number of rotatable bonds is 9. The van der Waals surface area contributed by atoms with Crippen LogP contribution in [0, 0.1) is 0 Å². The number of carbonyl (C=O) groups excluding carboxylic acids is 3. The number of ketones is 2. The molecule has 250 valence electrons. The fraction of sp³-hybridized carbons (Fsp3) is 0.444. The second kappa shape index (κ2) is 15.6. The standard InChI is InChI=1S/C23H30Cl2N4O3S.C4F6O2/c1-27(2)18-11-15-29(16-12-18)19-9-7-17(8-10-19)26-22(30)13-14-28(3)33(31,32)21-6-4-5-20(24)23(21)25;5-3(6,7)1(11)2(12)4(8,9)10/h4-10,18H,11-16H2,1-3H3,(H,26,30);. The Morgan fingerprint density at radius 3 is 1.87 bits per heavy atom. The minimum atomic E-state index is -5.77. The lowest BCUT2D eigenvalue weighted by molar-refractivity contribution is -0.193. The van der Waals surface area contributed by atoms with Crippen molar-refractivity contribution in [1.82, 2.24) is 9.21 Å². The van der Waals surface area contributed by atoms with Gasteiger partial charge in [-0.2, -0.15) is 26.3 Å². The number of Topliss-reactive ketones (excluding diaryl/α,β-unsaturated/α-hetero) is 2. The van der Waals surface area contributed by atoms with Crippen molar-refractivity contribution in [3.8, 4) is 0 Å². The fourth-order valence-corrected chi connectivity index (χ4v) is 6.01. The Bertz CT molecular complexity index is 1440. The van der Waals surface area contributed by atoms with Crippen molar-refractivity contribution in [2.24, 2.45) is 0 Å². The molecule has 45 heavy (non-hydrogen) atoms. The first-order valence-electron chi connectivity index (χ1n) is 13.1. The number of sulfonamides is 1. The minimum absolute atomic E-state index is 0.00765. The largest absolute Gasteiger partial charge is 0.458 e. The molecule has 0 saturated carbocycles. The lowest BCUT2D eigenvalue weighted by Crippen LogP contribution is -2.41. The van der Waals surface area contributed by atoms with E-state index >= 15 is 0 Å². The summed E-state index contributed by atoms with van der Waals surface area (Å²) >= 11 is 12.0. The Kier molecular flexibility index (Phi) is 13.2. The van der Waals surface area contributed by atoms with Gasteiger partial charge >= 0.3 is 23.9 Å². The lowest BCUT2D eigenvalue weighted by Gasteiger charge is -2.36. The molecule has 0 unspecified atom stereocenters. The molecule has 9 nitrogen and oxygen atoms in total. The molecule has 1 aliphatic rings. The first kappa shape index (κ1) is 38.3. The molecule has 0 aromatic heterocycles. The number of piperidine rings is 1. The van der Waals surface area contributed by atoms with E-state index in [4.69, 9.17) is 23.2 Å². The number of anilines is 2. The van der Waals surface area contributed by atoms with Crippen LogP contribution in [0.1, 0.15) is 19.3 Å². The molecule has 0 atom stereocenters. The summed E-state index contributed by atoms with van der Waals surface area (Å²) in [7, 11) is 1.80. The number of halogens is 8. The van der Waals surface area contributed by atoms with Gasteiger partial charge < -0.3 is 15.1 Å². The van der Waals surface area contributed by atoms with Gasteiger partial charge in [-0.1, -0.05) is 29.3 Å². The number of hydrogen-bond donors (Lipinski definition) is 1. The van der Waals surface area contributed by atoms with Crippen LogP contribution in [0.4, 0.5) is 37.7 Å². The smallest absolute Gasteiger partial charge is 0.371 e. The van der Waals surface area contributed by atoms with Crippen molar-refractivity contribution in [2.45, 2.75) is 42.6 Å². The molecule has 1 aliphatic heterocycles. The molecule has 1 saturated heterocycles. The SMILES string of the molecule is CN(C)C1CCN(c2ccc(NC(=O)CCN(C)S(=O)(=O)c3cccc(Cl)c3Cl)cc2)CC1.O=C(C(=O)C(F)(F)F)C(F)(F)F. The molecule has 0 radical (unpaired) electrons. The number of amides is 1. The van der Waals surface area contributed by atoms with Crippen molar-refractivity contribution in [3.63, 3.8) is 0 Å². The Labute approximate surface area is 266 Å². The predicted molar refractivity (Wildman–Crippen MR) is 157 cm³/mol. The zero-order valence-electron chi connectivity index (χ0n) is 24.2. The van der Waals surface area contributed by atoms with E-state index in [1.807, 2.05) is 24.3 Å². The summed E-state index contributed by atoms with van der Waals surface area (Å²) in [5, 5.41) is 2.96. The van der Waals surface area contributed by atoms with Crippen LogP contribution < -0.4 is 10.2 Å². The number of nitrogens with one attached hydrogen (secondary N) is 1. The zero-order chi connectivity index (χ0) is 34.3. The first-order chi connectivity index (χ1) is 20.7. The highest BCUT2D eigenvalue weighted by molar-refractivity contribution is 7.89. The van der Waals surface area contributed by atoms with Gasteiger partial charge in [-0.25, -0.2) is 12.7 Å². The van der Waals surface area contributed by atoms with Crippen LogP contribution in [0.2, 0.25) is 10.0 Å². The summed E-state index contributed by atoms with van der Waals surface area (Å²) in [6.45, 7) is 2.02. The van der Waals surface area contributed by atoms with Crippen molar-refractivity contribution >= 4 is 62.1 Å². The second-order valence-corrected chi connectivity index (χ2v) is 12.9. The van der Waals surface area contributed by atoms with Crippen LogP contribution in [-0.4, -0.2) is 94.3 Å². The molecule has 0 bridgehead atoms. The Morgan fingerprint density at radius 2 is 1.40 bits per heavy atom.